The second-order valence-electron chi connectivity index (χ2n) is 9.76. The van der Waals surface area contributed by atoms with Gasteiger partial charge in [-0.2, -0.15) is 4.98 Å². The van der Waals surface area contributed by atoms with Gasteiger partial charge in [0.1, 0.15) is 5.82 Å². The number of hydrogen-bond donors (Lipinski definition) is 3. The smallest absolute Gasteiger partial charge is 0.240 e. The first-order valence-corrected chi connectivity index (χ1v) is 13.8. The van der Waals surface area contributed by atoms with E-state index in [0.29, 0.717) is 35.3 Å². The van der Waals surface area contributed by atoms with E-state index >= 15 is 0 Å². The van der Waals surface area contributed by atoms with Crippen LogP contribution in [0.4, 0.5) is 11.8 Å². The van der Waals surface area contributed by atoms with Crippen LogP contribution in [0.15, 0.2) is 53.4 Å². The molecule has 0 aliphatic heterocycles. The minimum absolute atomic E-state index is 0.335. The molecule has 7 nitrogen and oxygen atoms in total. The van der Waals surface area contributed by atoms with E-state index in [1.54, 1.807) is 12.1 Å². The number of para-hydroxylation sites is 1. The van der Waals surface area contributed by atoms with Crippen LogP contribution in [-0.4, -0.2) is 37.5 Å². The van der Waals surface area contributed by atoms with Crippen molar-refractivity contribution in [2.75, 3.05) is 23.7 Å². The zero-order valence-electron chi connectivity index (χ0n) is 19.6. The highest BCUT2D eigenvalue weighted by Crippen LogP contribution is 2.31. The molecule has 3 aromatic rings. The third kappa shape index (κ3) is 5.67. The Kier molecular flexibility index (Phi) is 6.70. The molecule has 1 heterocycles. The summed E-state index contributed by atoms with van der Waals surface area (Å²) in [6.07, 6.45) is 6.60. The SMILES string of the molecule is Cc1ccc(S(=O)(=O)NC[C@H]2CC[C@H](CNc3nc(NC4CC4)c4ccccc4n3)CC2)cc1. The summed E-state index contributed by atoms with van der Waals surface area (Å²) in [6, 6.07) is 15.7. The lowest BCUT2D eigenvalue weighted by Crippen LogP contribution is -2.32. The molecule has 2 fully saturated rings. The summed E-state index contributed by atoms with van der Waals surface area (Å²) in [5, 5.41) is 8.06. The molecule has 0 radical (unpaired) electrons. The predicted octanol–water partition coefficient (Wildman–Crippen LogP) is 4.71. The van der Waals surface area contributed by atoms with Crippen molar-refractivity contribution in [2.45, 2.75) is 56.4 Å². The second-order valence-corrected chi connectivity index (χ2v) is 11.5. The first-order valence-electron chi connectivity index (χ1n) is 12.3. The van der Waals surface area contributed by atoms with Crippen molar-refractivity contribution in [3.05, 3.63) is 54.1 Å². The van der Waals surface area contributed by atoms with Crippen LogP contribution in [0, 0.1) is 18.8 Å². The Bertz CT molecular complexity index is 1230. The molecule has 2 saturated carbocycles. The fourth-order valence-corrected chi connectivity index (χ4v) is 5.71. The highest BCUT2D eigenvalue weighted by molar-refractivity contribution is 7.89. The molecular formula is C26H33N5O2S. The van der Waals surface area contributed by atoms with Crippen LogP contribution in [0.2, 0.25) is 0 Å². The molecule has 2 aliphatic carbocycles. The molecule has 1 aromatic heterocycles. The molecule has 2 aromatic carbocycles. The fourth-order valence-electron chi connectivity index (χ4n) is 4.59. The van der Waals surface area contributed by atoms with Gasteiger partial charge in [-0.3, -0.25) is 0 Å². The highest BCUT2D eigenvalue weighted by Gasteiger charge is 2.25. The Hall–Kier alpha value is -2.71. The molecule has 2 aliphatic rings. The second kappa shape index (κ2) is 9.88. The number of anilines is 2. The van der Waals surface area contributed by atoms with Crippen molar-refractivity contribution >= 4 is 32.7 Å². The highest BCUT2D eigenvalue weighted by atomic mass is 32.2. The van der Waals surface area contributed by atoms with Crippen molar-refractivity contribution in [3.63, 3.8) is 0 Å². The van der Waals surface area contributed by atoms with Gasteiger partial charge in [-0.1, -0.05) is 29.8 Å². The van der Waals surface area contributed by atoms with E-state index in [-0.39, 0.29) is 0 Å². The Morgan fingerprint density at radius 1 is 0.853 bits per heavy atom. The van der Waals surface area contributed by atoms with Crippen molar-refractivity contribution in [2.24, 2.45) is 11.8 Å². The molecule has 0 bridgehead atoms. The van der Waals surface area contributed by atoms with Crippen LogP contribution in [0.3, 0.4) is 0 Å². The third-order valence-corrected chi connectivity index (χ3v) is 8.37. The van der Waals surface area contributed by atoms with Gasteiger partial charge in [-0.25, -0.2) is 18.1 Å². The van der Waals surface area contributed by atoms with Crippen molar-refractivity contribution in [1.82, 2.24) is 14.7 Å². The monoisotopic (exact) mass is 479 g/mol. The average Bonchev–Trinajstić information content (AvgIpc) is 3.66. The zero-order valence-corrected chi connectivity index (χ0v) is 20.4. The van der Waals surface area contributed by atoms with Crippen molar-refractivity contribution < 1.29 is 8.42 Å². The zero-order chi connectivity index (χ0) is 23.5. The molecule has 8 heteroatoms. The number of nitrogens with one attached hydrogen (secondary N) is 3. The number of nitrogens with zero attached hydrogens (tertiary/aromatic N) is 2. The van der Waals surface area contributed by atoms with Gasteiger partial charge in [-0.15, -0.1) is 0 Å². The number of benzene rings is 2. The molecular weight excluding hydrogens is 446 g/mol. The normalized spacial score (nSPS) is 20.9. The Labute approximate surface area is 201 Å². The lowest BCUT2D eigenvalue weighted by Gasteiger charge is -2.28. The average molecular weight is 480 g/mol. The van der Waals surface area contributed by atoms with Crippen LogP contribution >= 0.6 is 0 Å². The molecule has 0 atom stereocenters. The van der Waals surface area contributed by atoms with Crippen LogP contribution in [0.5, 0.6) is 0 Å². The largest absolute Gasteiger partial charge is 0.367 e. The van der Waals surface area contributed by atoms with E-state index in [9.17, 15) is 8.42 Å². The summed E-state index contributed by atoms with van der Waals surface area (Å²) in [5.41, 5.74) is 2.00. The van der Waals surface area contributed by atoms with E-state index in [4.69, 9.17) is 9.97 Å². The quantitative estimate of drug-likeness (QED) is 0.411. The fraction of sp³-hybridized carbons (Fsp3) is 0.462. The lowest BCUT2D eigenvalue weighted by molar-refractivity contribution is 0.284. The number of aryl methyl sites for hydroxylation is 1. The number of sulfonamides is 1. The van der Waals surface area contributed by atoms with Gasteiger partial charge < -0.3 is 10.6 Å². The molecule has 3 N–H and O–H groups in total. The van der Waals surface area contributed by atoms with E-state index in [0.717, 1.165) is 54.5 Å². The van der Waals surface area contributed by atoms with Crippen molar-refractivity contribution in [1.29, 1.82) is 0 Å². The van der Waals surface area contributed by atoms with Crippen LogP contribution in [0.1, 0.15) is 44.1 Å². The van der Waals surface area contributed by atoms with Crippen LogP contribution < -0.4 is 15.4 Å². The van der Waals surface area contributed by atoms with Gasteiger partial charge >= 0.3 is 0 Å². The van der Waals surface area contributed by atoms with E-state index in [1.165, 1.54) is 12.8 Å². The first-order chi connectivity index (χ1) is 16.5. The summed E-state index contributed by atoms with van der Waals surface area (Å²) < 4.78 is 27.9. The standard InChI is InChI=1S/C26H33N5O2S/c1-18-6-14-22(15-7-18)34(32,33)28-17-20-10-8-19(9-11-20)16-27-26-30-24-5-3-2-4-23(24)25(31-26)29-21-12-13-21/h2-7,14-15,19-21,28H,8-13,16-17H2,1H3,(H2,27,29,30,31)/t19-,20-. The summed E-state index contributed by atoms with van der Waals surface area (Å²) in [4.78, 5) is 9.81. The van der Waals surface area contributed by atoms with E-state index < -0.39 is 10.0 Å². The summed E-state index contributed by atoms with van der Waals surface area (Å²) in [5.74, 6) is 2.51. The van der Waals surface area contributed by atoms with E-state index in [2.05, 4.69) is 21.4 Å². The predicted molar refractivity (Wildman–Crippen MR) is 136 cm³/mol. The van der Waals surface area contributed by atoms with Crippen molar-refractivity contribution in [3.8, 4) is 0 Å². The number of hydrogen-bond acceptors (Lipinski definition) is 6. The summed E-state index contributed by atoms with van der Waals surface area (Å²) in [6.45, 7) is 3.29. The molecule has 5 rings (SSSR count). The molecule has 0 saturated heterocycles. The molecule has 180 valence electrons. The Balaban J connectivity index is 1.12. The molecule has 0 amide bonds. The van der Waals surface area contributed by atoms with Crippen LogP contribution in [0.25, 0.3) is 10.9 Å². The third-order valence-electron chi connectivity index (χ3n) is 6.93. The molecule has 0 unspecified atom stereocenters. The maximum absolute atomic E-state index is 12.6. The maximum atomic E-state index is 12.6. The van der Waals surface area contributed by atoms with Gasteiger partial charge in [-0.05, 0) is 81.5 Å². The topological polar surface area (TPSA) is 96.0 Å². The van der Waals surface area contributed by atoms with Gasteiger partial charge in [0, 0.05) is 24.5 Å². The minimum Gasteiger partial charge on any atom is -0.367 e. The van der Waals surface area contributed by atoms with Gasteiger partial charge in [0.15, 0.2) is 0 Å². The minimum atomic E-state index is -3.45. The lowest BCUT2D eigenvalue weighted by atomic mass is 9.82. The number of aromatic nitrogens is 2. The molecule has 0 spiro atoms. The van der Waals surface area contributed by atoms with Gasteiger partial charge in [0.25, 0.3) is 0 Å². The summed E-state index contributed by atoms with van der Waals surface area (Å²) in [7, 11) is -3.45. The van der Waals surface area contributed by atoms with Gasteiger partial charge in [0.2, 0.25) is 16.0 Å². The Morgan fingerprint density at radius 2 is 1.53 bits per heavy atom. The van der Waals surface area contributed by atoms with E-state index in [1.807, 2.05) is 37.3 Å². The molecule has 34 heavy (non-hydrogen) atoms. The summed E-state index contributed by atoms with van der Waals surface area (Å²) >= 11 is 0. The Morgan fingerprint density at radius 3 is 2.24 bits per heavy atom. The number of rotatable bonds is 9. The maximum Gasteiger partial charge on any atom is 0.240 e. The van der Waals surface area contributed by atoms with Crippen LogP contribution in [-0.2, 0) is 10.0 Å². The number of fused-ring (bicyclic) bond motifs is 1. The first kappa shape index (κ1) is 23.1. The van der Waals surface area contributed by atoms with Gasteiger partial charge in [0.05, 0.1) is 10.4 Å².